The maximum atomic E-state index is 3.32. The summed E-state index contributed by atoms with van der Waals surface area (Å²) in [5.41, 5.74) is 2.76. The molecule has 0 heterocycles. The van der Waals surface area contributed by atoms with Crippen molar-refractivity contribution in [2.45, 2.75) is 33.2 Å². The first-order valence-electron chi connectivity index (χ1n) is 6.25. The van der Waals surface area contributed by atoms with Crippen LogP contribution in [-0.4, -0.2) is 20.1 Å². The zero-order valence-corrected chi connectivity index (χ0v) is 11.0. The molecule has 0 bridgehead atoms. The van der Waals surface area contributed by atoms with Crippen molar-refractivity contribution >= 4 is 5.69 Å². The van der Waals surface area contributed by atoms with Crippen molar-refractivity contribution in [2.75, 3.05) is 25.0 Å². The zero-order valence-electron chi connectivity index (χ0n) is 11.0. The van der Waals surface area contributed by atoms with Crippen molar-refractivity contribution in [3.8, 4) is 0 Å². The summed E-state index contributed by atoms with van der Waals surface area (Å²) in [4.78, 5) is 2.45. The lowest BCUT2D eigenvalue weighted by molar-refractivity contribution is 0.646. The Morgan fingerprint density at radius 1 is 1.25 bits per heavy atom. The number of para-hydroxylation sites is 1. The van der Waals surface area contributed by atoms with Crippen LogP contribution in [0.1, 0.15) is 38.8 Å². The molecule has 0 spiro atoms. The molecule has 0 aromatic heterocycles. The van der Waals surface area contributed by atoms with E-state index >= 15 is 0 Å². The minimum absolute atomic E-state index is 0.405. The van der Waals surface area contributed by atoms with E-state index in [1.807, 2.05) is 7.05 Å². The molecule has 1 unspecified atom stereocenters. The number of anilines is 1. The molecule has 1 aromatic rings. The van der Waals surface area contributed by atoms with Gasteiger partial charge in [0.05, 0.1) is 0 Å². The monoisotopic (exact) mass is 220 g/mol. The molecule has 16 heavy (non-hydrogen) atoms. The molecule has 0 fully saturated rings. The fourth-order valence-electron chi connectivity index (χ4n) is 2.02. The van der Waals surface area contributed by atoms with Gasteiger partial charge in [-0.15, -0.1) is 0 Å². The van der Waals surface area contributed by atoms with E-state index in [1.54, 1.807) is 0 Å². The summed E-state index contributed by atoms with van der Waals surface area (Å²) in [5, 5.41) is 3.32. The molecule has 1 N–H and O–H groups in total. The molecule has 2 heteroatoms. The summed E-state index contributed by atoms with van der Waals surface area (Å²) in [5.74, 6) is 0. The molecule has 1 atom stereocenters. The van der Waals surface area contributed by atoms with Crippen LogP contribution in [0.15, 0.2) is 24.3 Å². The standard InChI is InChI=1S/C14H24N2/c1-5-11-16(6-2)14-10-8-7-9-13(14)12(3)15-4/h7-10,12,15H,5-6,11H2,1-4H3. The molecule has 0 aliphatic heterocycles. The predicted octanol–water partition coefficient (Wildman–Crippen LogP) is 3.20. The average molecular weight is 220 g/mol. The van der Waals surface area contributed by atoms with Crippen LogP contribution >= 0.6 is 0 Å². The third kappa shape index (κ3) is 2.99. The molecule has 0 aliphatic carbocycles. The predicted molar refractivity (Wildman–Crippen MR) is 72.1 cm³/mol. The van der Waals surface area contributed by atoms with Crippen LogP contribution in [0.25, 0.3) is 0 Å². The SMILES string of the molecule is CCCN(CC)c1ccccc1C(C)NC. The second-order valence-corrected chi connectivity index (χ2v) is 4.15. The van der Waals surface area contributed by atoms with Gasteiger partial charge in [0.15, 0.2) is 0 Å². The lowest BCUT2D eigenvalue weighted by Gasteiger charge is -2.27. The fourth-order valence-corrected chi connectivity index (χ4v) is 2.02. The van der Waals surface area contributed by atoms with E-state index in [2.05, 4.69) is 55.3 Å². The molecule has 0 saturated carbocycles. The number of nitrogens with zero attached hydrogens (tertiary/aromatic N) is 1. The van der Waals surface area contributed by atoms with Crippen LogP contribution in [-0.2, 0) is 0 Å². The zero-order chi connectivity index (χ0) is 12.0. The van der Waals surface area contributed by atoms with Crippen molar-refractivity contribution in [1.29, 1.82) is 0 Å². The third-order valence-corrected chi connectivity index (χ3v) is 3.05. The molecule has 0 saturated heterocycles. The molecule has 0 radical (unpaired) electrons. The molecular weight excluding hydrogens is 196 g/mol. The summed E-state index contributed by atoms with van der Waals surface area (Å²) in [6, 6.07) is 9.09. The Kier molecular flexibility index (Phi) is 5.33. The Hall–Kier alpha value is -1.02. The van der Waals surface area contributed by atoms with E-state index in [0.717, 1.165) is 13.1 Å². The summed E-state index contributed by atoms with van der Waals surface area (Å²) >= 11 is 0. The largest absolute Gasteiger partial charge is 0.372 e. The van der Waals surface area contributed by atoms with Crippen molar-refractivity contribution in [1.82, 2.24) is 5.32 Å². The second-order valence-electron chi connectivity index (χ2n) is 4.15. The lowest BCUT2D eigenvalue weighted by Crippen LogP contribution is -2.26. The van der Waals surface area contributed by atoms with E-state index in [0.29, 0.717) is 6.04 Å². The van der Waals surface area contributed by atoms with Gasteiger partial charge in [0.25, 0.3) is 0 Å². The number of hydrogen-bond donors (Lipinski definition) is 1. The Balaban J connectivity index is 3.00. The van der Waals surface area contributed by atoms with Gasteiger partial charge in [0.1, 0.15) is 0 Å². The van der Waals surface area contributed by atoms with Crippen LogP contribution < -0.4 is 10.2 Å². The van der Waals surface area contributed by atoms with Crippen molar-refractivity contribution < 1.29 is 0 Å². The first kappa shape index (κ1) is 13.0. The second kappa shape index (κ2) is 6.54. The van der Waals surface area contributed by atoms with Gasteiger partial charge in [-0.25, -0.2) is 0 Å². The van der Waals surface area contributed by atoms with Gasteiger partial charge in [0, 0.05) is 24.8 Å². The third-order valence-electron chi connectivity index (χ3n) is 3.05. The summed E-state index contributed by atoms with van der Waals surface area (Å²) in [6.07, 6.45) is 1.19. The molecule has 1 aromatic carbocycles. The summed E-state index contributed by atoms with van der Waals surface area (Å²) < 4.78 is 0. The van der Waals surface area contributed by atoms with Crippen LogP contribution in [0.3, 0.4) is 0 Å². The highest BCUT2D eigenvalue weighted by atomic mass is 15.1. The van der Waals surface area contributed by atoms with Gasteiger partial charge in [-0.2, -0.15) is 0 Å². The van der Waals surface area contributed by atoms with Gasteiger partial charge in [-0.3, -0.25) is 0 Å². The maximum Gasteiger partial charge on any atom is 0.0414 e. The normalized spacial score (nSPS) is 12.5. The molecular formula is C14H24N2. The van der Waals surface area contributed by atoms with Crippen LogP contribution in [0.5, 0.6) is 0 Å². The van der Waals surface area contributed by atoms with E-state index in [9.17, 15) is 0 Å². The Morgan fingerprint density at radius 2 is 1.94 bits per heavy atom. The highest BCUT2D eigenvalue weighted by molar-refractivity contribution is 5.54. The lowest BCUT2D eigenvalue weighted by atomic mass is 10.1. The molecule has 0 aliphatic rings. The minimum atomic E-state index is 0.405. The topological polar surface area (TPSA) is 15.3 Å². The smallest absolute Gasteiger partial charge is 0.0414 e. The summed E-state index contributed by atoms with van der Waals surface area (Å²) in [6.45, 7) is 8.85. The van der Waals surface area contributed by atoms with E-state index < -0.39 is 0 Å². The Bertz CT molecular complexity index is 309. The molecule has 90 valence electrons. The van der Waals surface area contributed by atoms with E-state index in [-0.39, 0.29) is 0 Å². The molecule has 0 amide bonds. The van der Waals surface area contributed by atoms with Gasteiger partial charge in [0.2, 0.25) is 0 Å². The van der Waals surface area contributed by atoms with Gasteiger partial charge in [-0.05, 0) is 38.9 Å². The van der Waals surface area contributed by atoms with Crippen molar-refractivity contribution in [3.05, 3.63) is 29.8 Å². The first-order valence-corrected chi connectivity index (χ1v) is 6.25. The summed E-state index contributed by atoms with van der Waals surface area (Å²) in [7, 11) is 2.01. The number of hydrogen-bond acceptors (Lipinski definition) is 2. The Morgan fingerprint density at radius 3 is 2.50 bits per heavy atom. The highest BCUT2D eigenvalue weighted by Gasteiger charge is 2.12. The van der Waals surface area contributed by atoms with Gasteiger partial charge < -0.3 is 10.2 Å². The number of nitrogens with one attached hydrogen (secondary N) is 1. The van der Waals surface area contributed by atoms with E-state index in [4.69, 9.17) is 0 Å². The minimum Gasteiger partial charge on any atom is -0.372 e. The first-order chi connectivity index (χ1) is 7.74. The van der Waals surface area contributed by atoms with Crippen LogP contribution in [0, 0.1) is 0 Å². The van der Waals surface area contributed by atoms with Crippen LogP contribution in [0.4, 0.5) is 5.69 Å². The fraction of sp³-hybridized carbons (Fsp3) is 0.571. The van der Waals surface area contributed by atoms with Crippen molar-refractivity contribution in [3.63, 3.8) is 0 Å². The quantitative estimate of drug-likeness (QED) is 0.792. The van der Waals surface area contributed by atoms with Crippen LogP contribution in [0.2, 0.25) is 0 Å². The number of benzene rings is 1. The van der Waals surface area contributed by atoms with E-state index in [1.165, 1.54) is 17.7 Å². The van der Waals surface area contributed by atoms with Gasteiger partial charge in [-0.1, -0.05) is 25.1 Å². The highest BCUT2D eigenvalue weighted by Crippen LogP contribution is 2.25. The maximum absolute atomic E-state index is 3.32. The molecule has 1 rings (SSSR count). The molecule has 2 nitrogen and oxygen atoms in total. The number of rotatable bonds is 6. The average Bonchev–Trinajstić information content (AvgIpc) is 2.35. The Labute approximate surface area is 99.7 Å². The van der Waals surface area contributed by atoms with Gasteiger partial charge >= 0.3 is 0 Å². The van der Waals surface area contributed by atoms with Crippen molar-refractivity contribution in [2.24, 2.45) is 0 Å².